The van der Waals surface area contributed by atoms with Gasteiger partial charge in [-0.3, -0.25) is 0 Å². The molecular formula is C12H19NO3. The van der Waals surface area contributed by atoms with E-state index in [1.165, 1.54) is 0 Å². The average molecular weight is 225 g/mol. The van der Waals surface area contributed by atoms with E-state index in [9.17, 15) is 0 Å². The Bertz CT molecular complexity index is 328. The minimum absolute atomic E-state index is 0.0657. The Balaban J connectivity index is 2.75. The Labute approximate surface area is 96.2 Å². The summed E-state index contributed by atoms with van der Waals surface area (Å²) in [5, 5.41) is 12.1. The molecule has 0 aliphatic rings. The van der Waals surface area contributed by atoms with Gasteiger partial charge in [-0.25, -0.2) is 0 Å². The molecule has 0 spiro atoms. The number of hydrogen-bond donors (Lipinski definition) is 2. The molecule has 1 atom stereocenters. The van der Waals surface area contributed by atoms with Crippen molar-refractivity contribution in [2.45, 2.75) is 19.5 Å². The van der Waals surface area contributed by atoms with Crippen LogP contribution in [-0.2, 0) is 6.54 Å². The molecule has 16 heavy (non-hydrogen) atoms. The van der Waals surface area contributed by atoms with Crippen molar-refractivity contribution < 1.29 is 14.6 Å². The first-order valence-corrected chi connectivity index (χ1v) is 5.26. The van der Waals surface area contributed by atoms with Gasteiger partial charge in [0, 0.05) is 18.2 Å². The Kier molecular flexibility index (Phi) is 5.08. The van der Waals surface area contributed by atoms with Gasteiger partial charge in [0.05, 0.1) is 20.8 Å². The second-order valence-corrected chi connectivity index (χ2v) is 3.64. The van der Waals surface area contributed by atoms with Crippen LogP contribution in [0.1, 0.15) is 12.5 Å². The van der Waals surface area contributed by atoms with E-state index in [0.29, 0.717) is 6.54 Å². The monoisotopic (exact) mass is 225 g/mol. The molecule has 1 rings (SSSR count). The summed E-state index contributed by atoms with van der Waals surface area (Å²) >= 11 is 0. The van der Waals surface area contributed by atoms with Crippen LogP contribution in [0.25, 0.3) is 0 Å². The number of benzene rings is 1. The third-order valence-corrected chi connectivity index (χ3v) is 2.40. The van der Waals surface area contributed by atoms with Gasteiger partial charge in [-0.2, -0.15) is 0 Å². The highest BCUT2D eigenvalue weighted by molar-refractivity contribution is 5.40. The normalized spacial score (nSPS) is 12.2. The highest BCUT2D eigenvalue weighted by atomic mass is 16.5. The molecule has 4 heteroatoms. The van der Waals surface area contributed by atoms with Crippen LogP contribution >= 0.6 is 0 Å². The molecule has 2 N–H and O–H groups in total. The van der Waals surface area contributed by atoms with Crippen LogP contribution in [0, 0.1) is 0 Å². The molecule has 0 radical (unpaired) electrons. The van der Waals surface area contributed by atoms with Crippen molar-refractivity contribution in [3.05, 3.63) is 23.8 Å². The molecule has 0 unspecified atom stereocenters. The van der Waals surface area contributed by atoms with E-state index in [4.69, 9.17) is 14.6 Å². The quantitative estimate of drug-likeness (QED) is 0.763. The fourth-order valence-corrected chi connectivity index (χ4v) is 1.37. The fourth-order valence-electron chi connectivity index (χ4n) is 1.37. The van der Waals surface area contributed by atoms with Crippen molar-refractivity contribution in [2.24, 2.45) is 0 Å². The Morgan fingerprint density at radius 2 is 2.06 bits per heavy atom. The highest BCUT2D eigenvalue weighted by Crippen LogP contribution is 2.23. The molecule has 0 bridgehead atoms. The van der Waals surface area contributed by atoms with Crippen LogP contribution < -0.4 is 14.8 Å². The predicted molar refractivity (Wildman–Crippen MR) is 62.9 cm³/mol. The number of hydrogen-bond acceptors (Lipinski definition) is 4. The third-order valence-electron chi connectivity index (χ3n) is 2.40. The van der Waals surface area contributed by atoms with Crippen molar-refractivity contribution in [3.63, 3.8) is 0 Å². The summed E-state index contributed by atoms with van der Waals surface area (Å²) < 4.78 is 10.4. The number of ether oxygens (including phenoxy) is 2. The highest BCUT2D eigenvalue weighted by Gasteiger charge is 2.06. The summed E-state index contributed by atoms with van der Waals surface area (Å²) in [4.78, 5) is 0. The van der Waals surface area contributed by atoms with Gasteiger partial charge in [0.15, 0.2) is 0 Å². The van der Waals surface area contributed by atoms with Crippen LogP contribution in [0.2, 0.25) is 0 Å². The van der Waals surface area contributed by atoms with E-state index < -0.39 is 0 Å². The molecule has 0 saturated heterocycles. The van der Waals surface area contributed by atoms with Crippen LogP contribution in [0.5, 0.6) is 11.5 Å². The number of nitrogens with one attached hydrogen (secondary N) is 1. The minimum Gasteiger partial charge on any atom is -0.497 e. The minimum atomic E-state index is 0.0657. The molecule has 0 aliphatic carbocycles. The molecular weight excluding hydrogens is 206 g/mol. The summed E-state index contributed by atoms with van der Waals surface area (Å²) in [6.07, 6.45) is 0. The summed E-state index contributed by atoms with van der Waals surface area (Å²) in [5.74, 6) is 1.62. The molecule has 0 amide bonds. The maximum absolute atomic E-state index is 8.92. The van der Waals surface area contributed by atoms with E-state index in [0.717, 1.165) is 17.1 Å². The van der Waals surface area contributed by atoms with E-state index >= 15 is 0 Å². The van der Waals surface area contributed by atoms with Crippen LogP contribution in [-0.4, -0.2) is 32.0 Å². The van der Waals surface area contributed by atoms with Gasteiger partial charge in [0.1, 0.15) is 11.5 Å². The SMILES string of the molecule is COc1ccc(OC)c(CN[C@@H](C)CO)c1. The zero-order valence-corrected chi connectivity index (χ0v) is 9.99. The smallest absolute Gasteiger partial charge is 0.123 e. The first-order chi connectivity index (χ1) is 7.71. The molecule has 90 valence electrons. The van der Waals surface area contributed by atoms with Gasteiger partial charge in [-0.05, 0) is 25.1 Å². The maximum Gasteiger partial charge on any atom is 0.123 e. The van der Waals surface area contributed by atoms with Crippen molar-refractivity contribution in [1.82, 2.24) is 5.32 Å². The summed E-state index contributed by atoms with van der Waals surface area (Å²) in [6, 6.07) is 5.73. The fraction of sp³-hybridized carbons (Fsp3) is 0.500. The second kappa shape index (κ2) is 6.35. The lowest BCUT2D eigenvalue weighted by Gasteiger charge is -2.14. The maximum atomic E-state index is 8.92. The zero-order chi connectivity index (χ0) is 12.0. The van der Waals surface area contributed by atoms with Crippen LogP contribution in [0.4, 0.5) is 0 Å². The van der Waals surface area contributed by atoms with E-state index in [1.807, 2.05) is 25.1 Å². The average Bonchev–Trinajstić information content (AvgIpc) is 2.35. The largest absolute Gasteiger partial charge is 0.497 e. The van der Waals surface area contributed by atoms with Gasteiger partial charge in [0.2, 0.25) is 0 Å². The van der Waals surface area contributed by atoms with Gasteiger partial charge in [-0.15, -0.1) is 0 Å². The Morgan fingerprint density at radius 1 is 1.31 bits per heavy atom. The lowest BCUT2D eigenvalue weighted by Crippen LogP contribution is -2.28. The lowest BCUT2D eigenvalue weighted by molar-refractivity contribution is 0.250. The second-order valence-electron chi connectivity index (χ2n) is 3.64. The first kappa shape index (κ1) is 12.8. The van der Waals surface area contributed by atoms with Crippen LogP contribution in [0.15, 0.2) is 18.2 Å². The van der Waals surface area contributed by atoms with Crippen molar-refractivity contribution in [1.29, 1.82) is 0 Å². The summed E-state index contributed by atoms with van der Waals surface area (Å²) in [7, 11) is 3.27. The van der Waals surface area contributed by atoms with Crippen LogP contribution in [0.3, 0.4) is 0 Å². The lowest BCUT2D eigenvalue weighted by atomic mass is 10.1. The van der Waals surface area contributed by atoms with E-state index in [-0.39, 0.29) is 12.6 Å². The van der Waals surface area contributed by atoms with Gasteiger partial charge < -0.3 is 19.9 Å². The van der Waals surface area contributed by atoms with Gasteiger partial charge >= 0.3 is 0 Å². The van der Waals surface area contributed by atoms with Crippen molar-refractivity contribution >= 4 is 0 Å². The zero-order valence-electron chi connectivity index (χ0n) is 9.99. The molecule has 4 nitrogen and oxygen atoms in total. The van der Waals surface area contributed by atoms with Gasteiger partial charge in [-0.1, -0.05) is 0 Å². The molecule has 0 aromatic heterocycles. The third kappa shape index (κ3) is 3.40. The topological polar surface area (TPSA) is 50.7 Å². The molecule has 1 aromatic rings. The summed E-state index contributed by atoms with van der Waals surface area (Å²) in [6.45, 7) is 2.68. The van der Waals surface area contributed by atoms with E-state index in [2.05, 4.69) is 5.32 Å². The number of rotatable bonds is 6. The van der Waals surface area contributed by atoms with Gasteiger partial charge in [0.25, 0.3) is 0 Å². The number of aliphatic hydroxyl groups is 1. The number of aliphatic hydroxyl groups excluding tert-OH is 1. The predicted octanol–water partition coefficient (Wildman–Crippen LogP) is 1.17. The van der Waals surface area contributed by atoms with E-state index in [1.54, 1.807) is 14.2 Å². The molecule has 0 aliphatic heterocycles. The van der Waals surface area contributed by atoms with Crippen molar-refractivity contribution in [3.8, 4) is 11.5 Å². The Hall–Kier alpha value is -1.26. The molecule has 0 fully saturated rings. The molecule has 0 heterocycles. The first-order valence-electron chi connectivity index (χ1n) is 5.26. The number of methoxy groups -OCH3 is 2. The molecule has 1 aromatic carbocycles. The standard InChI is InChI=1S/C12H19NO3/c1-9(8-14)13-7-10-6-11(15-2)4-5-12(10)16-3/h4-6,9,13-14H,7-8H2,1-3H3/t9-/m0/s1. The molecule has 0 saturated carbocycles. The summed E-state index contributed by atoms with van der Waals surface area (Å²) in [5.41, 5.74) is 1.02. The van der Waals surface area contributed by atoms with Crippen molar-refractivity contribution in [2.75, 3.05) is 20.8 Å². The Morgan fingerprint density at radius 3 is 2.62 bits per heavy atom.